The fraction of sp³-hybridized carbons (Fsp3) is 0.316. The Labute approximate surface area is 170 Å². The highest BCUT2D eigenvalue weighted by Crippen LogP contribution is 2.24. The van der Waals surface area contributed by atoms with Gasteiger partial charge in [0.25, 0.3) is 0 Å². The van der Waals surface area contributed by atoms with Crippen LogP contribution in [-0.4, -0.2) is 63.2 Å². The van der Waals surface area contributed by atoms with Crippen LogP contribution in [0.5, 0.6) is 0 Å². The molecule has 2 heterocycles. The second-order valence-electron chi connectivity index (χ2n) is 6.13. The van der Waals surface area contributed by atoms with Crippen molar-refractivity contribution in [3.8, 4) is 0 Å². The zero-order valence-electron chi connectivity index (χ0n) is 14.9. The van der Waals surface area contributed by atoms with Crippen molar-refractivity contribution in [1.29, 1.82) is 0 Å². The van der Waals surface area contributed by atoms with E-state index in [1.807, 2.05) is 30.3 Å². The highest BCUT2D eigenvalue weighted by atomic mass is 32.2. The number of cyclic esters (lactones) is 1. The number of ether oxygens (including phenoxy) is 1. The van der Waals surface area contributed by atoms with Crippen molar-refractivity contribution < 1.29 is 24.5 Å². The third kappa shape index (κ3) is 5.57. The zero-order chi connectivity index (χ0) is 19.9. The number of aliphatic hydroxyl groups excluding tert-OH is 1. The summed E-state index contributed by atoms with van der Waals surface area (Å²) in [5, 5.41) is 20.6. The summed E-state index contributed by atoms with van der Waals surface area (Å²) < 4.78 is 5.77. The van der Waals surface area contributed by atoms with Crippen molar-refractivity contribution in [3.05, 3.63) is 59.1 Å². The highest BCUT2D eigenvalue weighted by molar-refractivity contribution is 8.01. The highest BCUT2D eigenvalue weighted by Gasteiger charge is 2.30. The second-order valence-corrected chi connectivity index (χ2v) is 8.33. The van der Waals surface area contributed by atoms with E-state index in [0.717, 1.165) is 5.56 Å². The Morgan fingerprint density at radius 1 is 1.43 bits per heavy atom. The standard InChI is InChI=1S/C19H20N2O5S2/c22-15(10-13-4-2-1-3-5-13)7-6-14-11-26-19(25)21(14)8-9-27-18-20-16(12-28-18)17(23)24/h1-7,12,14-15,22H,8-11H2,(H,23,24)/b7-6+/t14-,15+/m0/s1. The van der Waals surface area contributed by atoms with Crippen molar-refractivity contribution in [3.63, 3.8) is 0 Å². The molecular weight excluding hydrogens is 400 g/mol. The fourth-order valence-electron chi connectivity index (χ4n) is 2.71. The summed E-state index contributed by atoms with van der Waals surface area (Å²) >= 11 is 2.66. The van der Waals surface area contributed by atoms with Crippen LogP contribution in [0, 0.1) is 0 Å². The number of thiazole rings is 1. The van der Waals surface area contributed by atoms with Crippen molar-refractivity contribution in [2.45, 2.75) is 22.9 Å². The lowest BCUT2D eigenvalue weighted by Crippen LogP contribution is -2.34. The third-order valence-corrected chi connectivity index (χ3v) is 6.12. The Hall–Kier alpha value is -2.36. The molecule has 28 heavy (non-hydrogen) atoms. The number of carbonyl (C=O) groups excluding carboxylic acids is 1. The third-order valence-electron chi connectivity index (χ3n) is 4.12. The molecule has 1 aromatic carbocycles. The van der Waals surface area contributed by atoms with Crippen LogP contribution in [-0.2, 0) is 11.2 Å². The van der Waals surface area contributed by atoms with Gasteiger partial charge in [-0.3, -0.25) is 4.90 Å². The average molecular weight is 421 g/mol. The topological polar surface area (TPSA) is 100.0 Å². The number of carboxylic acids is 1. The summed E-state index contributed by atoms with van der Waals surface area (Å²) in [4.78, 5) is 28.4. The first-order valence-electron chi connectivity index (χ1n) is 8.68. The molecule has 0 spiro atoms. The minimum atomic E-state index is -1.05. The number of hydrogen-bond acceptors (Lipinski definition) is 7. The second kappa shape index (κ2) is 9.72. The van der Waals surface area contributed by atoms with E-state index in [4.69, 9.17) is 9.84 Å². The molecule has 1 saturated heterocycles. The van der Waals surface area contributed by atoms with E-state index in [1.165, 1.54) is 28.5 Å². The summed E-state index contributed by atoms with van der Waals surface area (Å²) in [6, 6.07) is 9.46. The summed E-state index contributed by atoms with van der Waals surface area (Å²) in [6.07, 6.45) is 2.97. The number of amides is 1. The molecule has 148 valence electrons. The first kappa shape index (κ1) is 20.4. The lowest BCUT2D eigenvalue weighted by Gasteiger charge is -2.18. The van der Waals surface area contributed by atoms with Crippen LogP contribution in [0.3, 0.4) is 0 Å². The first-order chi connectivity index (χ1) is 13.5. The van der Waals surface area contributed by atoms with E-state index < -0.39 is 18.2 Å². The minimum Gasteiger partial charge on any atom is -0.476 e. The summed E-state index contributed by atoms with van der Waals surface area (Å²) in [5.74, 6) is -0.482. The van der Waals surface area contributed by atoms with Gasteiger partial charge >= 0.3 is 12.1 Å². The number of carbonyl (C=O) groups is 2. The van der Waals surface area contributed by atoms with Crippen molar-refractivity contribution >= 4 is 35.2 Å². The smallest absolute Gasteiger partial charge is 0.410 e. The first-order valence-corrected chi connectivity index (χ1v) is 10.5. The summed E-state index contributed by atoms with van der Waals surface area (Å²) in [6.45, 7) is 0.688. The number of aromatic nitrogens is 1. The van der Waals surface area contributed by atoms with Crippen LogP contribution in [0.15, 0.2) is 52.2 Å². The number of thioether (sulfide) groups is 1. The maximum absolute atomic E-state index is 12.0. The number of benzene rings is 1. The molecule has 1 amide bonds. The van der Waals surface area contributed by atoms with Crippen LogP contribution in [0.4, 0.5) is 4.79 Å². The van der Waals surface area contributed by atoms with Gasteiger partial charge < -0.3 is 14.9 Å². The molecule has 0 bridgehead atoms. The molecule has 3 rings (SSSR count). The Kier molecular flexibility index (Phi) is 7.07. The van der Waals surface area contributed by atoms with Crippen LogP contribution in [0.25, 0.3) is 0 Å². The number of nitrogens with zero attached hydrogens (tertiary/aromatic N) is 2. The monoisotopic (exact) mass is 420 g/mol. The number of hydrogen-bond donors (Lipinski definition) is 2. The molecule has 1 aromatic heterocycles. The van der Waals surface area contributed by atoms with E-state index in [1.54, 1.807) is 17.1 Å². The largest absolute Gasteiger partial charge is 0.476 e. The number of aliphatic hydroxyl groups is 1. The molecule has 0 unspecified atom stereocenters. The summed E-state index contributed by atoms with van der Waals surface area (Å²) in [7, 11) is 0. The molecular formula is C19H20N2O5S2. The molecule has 2 N–H and O–H groups in total. The van der Waals surface area contributed by atoms with Gasteiger partial charge in [-0.15, -0.1) is 11.3 Å². The Bertz CT molecular complexity index is 840. The van der Waals surface area contributed by atoms with Gasteiger partial charge in [-0.1, -0.05) is 54.2 Å². The Morgan fingerprint density at radius 2 is 2.21 bits per heavy atom. The number of rotatable bonds is 9. The van der Waals surface area contributed by atoms with Crippen molar-refractivity contribution in [2.24, 2.45) is 0 Å². The fourth-order valence-corrected chi connectivity index (χ4v) is 4.52. The minimum absolute atomic E-state index is 0.0290. The molecule has 7 nitrogen and oxygen atoms in total. The maximum Gasteiger partial charge on any atom is 0.410 e. The van der Waals surface area contributed by atoms with Gasteiger partial charge in [-0.25, -0.2) is 14.6 Å². The normalized spacial score (nSPS) is 17.8. The average Bonchev–Trinajstić information content (AvgIpc) is 3.29. The van der Waals surface area contributed by atoms with E-state index in [-0.39, 0.29) is 18.3 Å². The quantitative estimate of drug-likeness (QED) is 0.475. The summed E-state index contributed by atoms with van der Waals surface area (Å²) in [5.41, 5.74) is 1.07. The molecule has 0 saturated carbocycles. The Balaban J connectivity index is 1.50. The van der Waals surface area contributed by atoms with Gasteiger partial charge in [0, 0.05) is 24.1 Å². The Morgan fingerprint density at radius 3 is 2.93 bits per heavy atom. The van der Waals surface area contributed by atoms with Crippen molar-refractivity contribution in [2.75, 3.05) is 18.9 Å². The molecule has 1 aliphatic heterocycles. The zero-order valence-corrected chi connectivity index (χ0v) is 16.6. The van der Waals surface area contributed by atoms with Crippen LogP contribution >= 0.6 is 23.1 Å². The molecule has 0 radical (unpaired) electrons. The molecule has 2 atom stereocenters. The van der Waals surface area contributed by atoms with Crippen LogP contribution in [0.1, 0.15) is 16.1 Å². The van der Waals surface area contributed by atoms with E-state index in [9.17, 15) is 14.7 Å². The van der Waals surface area contributed by atoms with Gasteiger partial charge in [0.1, 0.15) is 6.61 Å². The lowest BCUT2D eigenvalue weighted by atomic mass is 10.1. The predicted octanol–water partition coefficient (Wildman–Crippen LogP) is 2.91. The van der Waals surface area contributed by atoms with E-state index >= 15 is 0 Å². The number of carboxylic acid groups (broad SMARTS) is 1. The van der Waals surface area contributed by atoms with Crippen LogP contribution < -0.4 is 0 Å². The molecule has 1 aliphatic rings. The van der Waals surface area contributed by atoms with E-state index in [2.05, 4.69) is 4.98 Å². The SMILES string of the molecule is O=C(O)c1csc(SCCN2C(=O)OC[C@@H]2/C=C/[C@@H](O)Cc2ccccc2)n1. The van der Waals surface area contributed by atoms with Gasteiger partial charge in [0.05, 0.1) is 12.1 Å². The molecule has 2 aromatic rings. The van der Waals surface area contributed by atoms with Gasteiger partial charge in [0.15, 0.2) is 10.0 Å². The maximum atomic E-state index is 12.0. The lowest BCUT2D eigenvalue weighted by molar-refractivity contribution is 0.0690. The predicted molar refractivity (Wildman–Crippen MR) is 107 cm³/mol. The van der Waals surface area contributed by atoms with Crippen molar-refractivity contribution in [1.82, 2.24) is 9.88 Å². The molecule has 0 aliphatic carbocycles. The van der Waals surface area contributed by atoms with Crippen LogP contribution in [0.2, 0.25) is 0 Å². The van der Waals surface area contributed by atoms with Gasteiger partial charge in [-0.2, -0.15) is 0 Å². The van der Waals surface area contributed by atoms with E-state index in [0.29, 0.717) is 23.1 Å². The van der Waals surface area contributed by atoms with Gasteiger partial charge in [-0.05, 0) is 5.56 Å². The number of aromatic carboxylic acids is 1. The molecule has 1 fully saturated rings. The molecule has 9 heteroatoms. The van der Waals surface area contributed by atoms with Gasteiger partial charge in [0.2, 0.25) is 0 Å².